The number of hydrogen-bond acceptors (Lipinski definition) is 4. The SMILES string of the molecule is CCc1ccc(O[C@H](CC)C(=O)Nc2ccccc2C(=O)OC)cc1. The number of methoxy groups -OCH3 is 1. The van der Waals surface area contributed by atoms with Crippen LogP contribution in [0.4, 0.5) is 5.69 Å². The Bertz CT molecular complexity index is 725. The molecule has 0 fully saturated rings. The number of esters is 1. The molecule has 0 aliphatic rings. The number of carbonyl (C=O) groups excluding carboxylic acids is 2. The lowest BCUT2D eigenvalue weighted by molar-refractivity contribution is -0.122. The van der Waals surface area contributed by atoms with Crippen LogP contribution in [0.15, 0.2) is 48.5 Å². The van der Waals surface area contributed by atoms with Gasteiger partial charge in [-0.25, -0.2) is 4.79 Å². The standard InChI is InChI=1S/C20H23NO4/c1-4-14-10-12-15(13-11-14)25-18(5-2)19(22)21-17-9-7-6-8-16(17)20(23)24-3/h6-13,18H,4-5H2,1-3H3,(H,21,22)/t18-/m1/s1. The number of benzene rings is 2. The Hall–Kier alpha value is -2.82. The number of aryl methyl sites for hydroxylation is 1. The van der Waals surface area contributed by atoms with Crippen molar-refractivity contribution in [1.29, 1.82) is 0 Å². The van der Waals surface area contributed by atoms with Gasteiger partial charge in [0.05, 0.1) is 18.4 Å². The van der Waals surface area contributed by atoms with E-state index in [2.05, 4.69) is 12.2 Å². The maximum atomic E-state index is 12.5. The predicted octanol–water partition coefficient (Wildman–Crippen LogP) is 3.83. The molecular weight excluding hydrogens is 318 g/mol. The lowest BCUT2D eigenvalue weighted by Crippen LogP contribution is -2.33. The van der Waals surface area contributed by atoms with Gasteiger partial charge in [-0.1, -0.05) is 38.1 Å². The monoisotopic (exact) mass is 341 g/mol. The molecule has 1 amide bonds. The molecule has 0 radical (unpaired) electrons. The van der Waals surface area contributed by atoms with Gasteiger partial charge in [-0.2, -0.15) is 0 Å². The average molecular weight is 341 g/mol. The number of amides is 1. The molecule has 132 valence electrons. The third-order valence-corrected chi connectivity index (χ3v) is 3.86. The number of ether oxygens (including phenoxy) is 2. The van der Waals surface area contributed by atoms with Crippen molar-refractivity contribution in [3.05, 3.63) is 59.7 Å². The Kier molecular flexibility index (Phi) is 6.57. The summed E-state index contributed by atoms with van der Waals surface area (Å²) in [6.45, 7) is 3.95. The minimum absolute atomic E-state index is 0.306. The Morgan fingerprint density at radius 1 is 1.04 bits per heavy atom. The van der Waals surface area contributed by atoms with Crippen LogP contribution in [0.25, 0.3) is 0 Å². The zero-order valence-corrected chi connectivity index (χ0v) is 14.7. The number of hydrogen-bond donors (Lipinski definition) is 1. The van der Waals surface area contributed by atoms with Crippen LogP contribution in [0.1, 0.15) is 36.2 Å². The zero-order valence-electron chi connectivity index (χ0n) is 14.7. The van der Waals surface area contributed by atoms with Crippen LogP contribution in [0.2, 0.25) is 0 Å². The second kappa shape index (κ2) is 8.87. The van der Waals surface area contributed by atoms with Crippen molar-refractivity contribution in [1.82, 2.24) is 0 Å². The summed E-state index contributed by atoms with van der Waals surface area (Å²) in [5, 5.41) is 2.75. The molecule has 0 saturated heterocycles. The van der Waals surface area contributed by atoms with Crippen molar-refractivity contribution in [2.75, 3.05) is 12.4 Å². The van der Waals surface area contributed by atoms with Crippen molar-refractivity contribution < 1.29 is 19.1 Å². The van der Waals surface area contributed by atoms with Crippen LogP contribution < -0.4 is 10.1 Å². The molecular formula is C20H23NO4. The van der Waals surface area contributed by atoms with E-state index < -0.39 is 12.1 Å². The quantitative estimate of drug-likeness (QED) is 0.777. The molecule has 5 nitrogen and oxygen atoms in total. The summed E-state index contributed by atoms with van der Waals surface area (Å²) in [6.07, 6.45) is 0.794. The topological polar surface area (TPSA) is 64.6 Å². The second-order valence-corrected chi connectivity index (χ2v) is 5.54. The third-order valence-electron chi connectivity index (χ3n) is 3.86. The number of rotatable bonds is 7. The molecule has 0 unspecified atom stereocenters. The van der Waals surface area contributed by atoms with E-state index >= 15 is 0 Å². The number of carbonyl (C=O) groups is 2. The molecule has 0 aliphatic heterocycles. The van der Waals surface area contributed by atoms with E-state index in [-0.39, 0.29) is 5.91 Å². The van der Waals surface area contributed by atoms with Crippen LogP contribution in [-0.2, 0) is 16.0 Å². The maximum Gasteiger partial charge on any atom is 0.339 e. The Balaban J connectivity index is 2.11. The van der Waals surface area contributed by atoms with Crippen molar-refractivity contribution in [2.45, 2.75) is 32.8 Å². The fourth-order valence-electron chi connectivity index (χ4n) is 2.38. The molecule has 0 heterocycles. The predicted molar refractivity (Wildman–Crippen MR) is 96.9 cm³/mol. The number of anilines is 1. The fourth-order valence-corrected chi connectivity index (χ4v) is 2.38. The van der Waals surface area contributed by atoms with Gasteiger partial charge in [0.25, 0.3) is 5.91 Å². The molecule has 0 bridgehead atoms. The highest BCUT2D eigenvalue weighted by Crippen LogP contribution is 2.19. The van der Waals surface area contributed by atoms with E-state index in [1.165, 1.54) is 12.7 Å². The van der Waals surface area contributed by atoms with E-state index in [0.717, 1.165) is 6.42 Å². The fraction of sp³-hybridized carbons (Fsp3) is 0.300. The highest BCUT2D eigenvalue weighted by molar-refractivity contribution is 6.02. The minimum Gasteiger partial charge on any atom is -0.481 e. The summed E-state index contributed by atoms with van der Waals surface area (Å²) in [4.78, 5) is 24.3. The van der Waals surface area contributed by atoms with E-state index in [1.807, 2.05) is 31.2 Å². The van der Waals surface area contributed by atoms with E-state index in [9.17, 15) is 9.59 Å². The van der Waals surface area contributed by atoms with Crippen molar-refractivity contribution in [2.24, 2.45) is 0 Å². The molecule has 1 atom stereocenters. The molecule has 2 rings (SSSR count). The van der Waals surface area contributed by atoms with Crippen LogP contribution in [0, 0.1) is 0 Å². The van der Waals surface area contributed by atoms with Gasteiger partial charge in [-0.15, -0.1) is 0 Å². The van der Waals surface area contributed by atoms with Gasteiger partial charge in [-0.3, -0.25) is 4.79 Å². The number of para-hydroxylation sites is 1. The van der Waals surface area contributed by atoms with E-state index in [0.29, 0.717) is 23.4 Å². The molecule has 2 aromatic rings. The van der Waals surface area contributed by atoms with E-state index in [1.54, 1.807) is 24.3 Å². The molecule has 0 saturated carbocycles. The summed E-state index contributed by atoms with van der Waals surface area (Å²) >= 11 is 0. The minimum atomic E-state index is -0.654. The highest BCUT2D eigenvalue weighted by Gasteiger charge is 2.21. The summed E-state index contributed by atoms with van der Waals surface area (Å²) < 4.78 is 10.5. The molecule has 0 spiro atoms. The summed E-state index contributed by atoms with van der Waals surface area (Å²) in [5.41, 5.74) is 1.92. The van der Waals surface area contributed by atoms with Crippen molar-refractivity contribution >= 4 is 17.6 Å². The van der Waals surface area contributed by atoms with Gasteiger partial charge in [0.2, 0.25) is 0 Å². The van der Waals surface area contributed by atoms with Gasteiger partial charge >= 0.3 is 5.97 Å². The average Bonchev–Trinajstić information content (AvgIpc) is 2.66. The van der Waals surface area contributed by atoms with Crippen LogP contribution >= 0.6 is 0 Å². The largest absolute Gasteiger partial charge is 0.481 e. The first kappa shape index (κ1) is 18.5. The number of nitrogens with one attached hydrogen (secondary N) is 1. The zero-order chi connectivity index (χ0) is 18.2. The van der Waals surface area contributed by atoms with Gasteiger partial charge in [0.1, 0.15) is 5.75 Å². The molecule has 25 heavy (non-hydrogen) atoms. The van der Waals surface area contributed by atoms with Crippen LogP contribution in [-0.4, -0.2) is 25.1 Å². The first-order chi connectivity index (χ1) is 12.1. The summed E-state index contributed by atoms with van der Waals surface area (Å²) in [6, 6.07) is 14.4. The maximum absolute atomic E-state index is 12.5. The highest BCUT2D eigenvalue weighted by atomic mass is 16.5. The Morgan fingerprint density at radius 2 is 1.72 bits per heavy atom. The first-order valence-corrected chi connectivity index (χ1v) is 8.32. The molecule has 5 heteroatoms. The van der Waals surface area contributed by atoms with Gasteiger partial charge < -0.3 is 14.8 Å². The Labute approximate surface area is 148 Å². The van der Waals surface area contributed by atoms with Crippen molar-refractivity contribution in [3.63, 3.8) is 0 Å². The van der Waals surface area contributed by atoms with Gasteiger partial charge in [-0.05, 0) is 42.7 Å². The molecule has 2 aromatic carbocycles. The second-order valence-electron chi connectivity index (χ2n) is 5.54. The van der Waals surface area contributed by atoms with Crippen LogP contribution in [0.5, 0.6) is 5.75 Å². The van der Waals surface area contributed by atoms with Crippen LogP contribution in [0.3, 0.4) is 0 Å². The van der Waals surface area contributed by atoms with E-state index in [4.69, 9.17) is 9.47 Å². The lowest BCUT2D eigenvalue weighted by atomic mass is 10.1. The normalized spacial score (nSPS) is 11.5. The summed E-state index contributed by atoms with van der Waals surface area (Å²) in [5.74, 6) is -0.168. The third kappa shape index (κ3) is 4.83. The molecule has 0 aromatic heterocycles. The first-order valence-electron chi connectivity index (χ1n) is 8.32. The smallest absolute Gasteiger partial charge is 0.339 e. The summed E-state index contributed by atoms with van der Waals surface area (Å²) in [7, 11) is 1.30. The van der Waals surface area contributed by atoms with Crippen molar-refractivity contribution in [3.8, 4) is 5.75 Å². The van der Waals surface area contributed by atoms with Gasteiger partial charge in [0, 0.05) is 0 Å². The lowest BCUT2D eigenvalue weighted by Gasteiger charge is -2.18. The Morgan fingerprint density at radius 3 is 2.32 bits per heavy atom. The molecule has 1 N–H and O–H groups in total. The van der Waals surface area contributed by atoms with Gasteiger partial charge in [0.15, 0.2) is 6.10 Å². The molecule has 0 aliphatic carbocycles.